The molecule has 0 saturated heterocycles. The molecule has 106 valence electrons. The Hall–Kier alpha value is -1.79. The van der Waals surface area contributed by atoms with E-state index in [0.29, 0.717) is 17.1 Å². The molecule has 1 aromatic carbocycles. The Morgan fingerprint density at radius 2 is 2.05 bits per heavy atom. The van der Waals surface area contributed by atoms with E-state index < -0.39 is 18.1 Å². The van der Waals surface area contributed by atoms with Crippen LogP contribution in [0.4, 0.5) is 0 Å². The largest absolute Gasteiger partial charge is 0.497 e. The fraction of sp³-hybridized carbons (Fsp3) is 0.462. The van der Waals surface area contributed by atoms with Gasteiger partial charge in [0.25, 0.3) is 0 Å². The lowest BCUT2D eigenvalue weighted by atomic mass is 10.1. The summed E-state index contributed by atoms with van der Waals surface area (Å²) in [6.45, 7) is 1.62. The van der Waals surface area contributed by atoms with Crippen LogP contribution in [0.15, 0.2) is 18.2 Å². The van der Waals surface area contributed by atoms with E-state index in [2.05, 4.69) is 5.32 Å². The van der Waals surface area contributed by atoms with E-state index in [0.717, 1.165) is 0 Å². The van der Waals surface area contributed by atoms with Crippen LogP contribution in [0.1, 0.15) is 18.6 Å². The number of aliphatic hydroxyl groups is 1. The van der Waals surface area contributed by atoms with Gasteiger partial charge in [-0.3, -0.25) is 4.79 Å². The van der Waals surface area contributed by atoms with Crippen molar-refractivity contribution in [3.05, 3.63) is 23.8 Å². The lowest BCUT2D eigenvalue weighted by Crippen LogP contribution is -2.36. The zero-order valence-corrected chi connectivity index (χ0v) is 11.2. The van der Waals surface area contributed by atoms with Gasteiger partial charge in [0.05, 0.1) is 20.3 Å². The molecule has 0 spiro atoms. The first-order chi connectivity index (χ1) is 8.99. The molecule has 0 aromatic heterocycles. The van der Waals surface area contributed by atoms with Gasteiger partial charge < -0.3 is 25.0 Å². The van der Waals surface area contributed by atoms with Gasteiger partial charge >= 0.3 is 5.97 Å². The van der Waals surface area contributed by atoms with Crippen molar-refractivity contribution in [2.75, 3.05) is 20.8 Å². The average molecular weight is 269 g/mol. The summed E-state index contributed by atoms with van der Waals surface area (Å²) in [5.74, 6) is 0.156. The lowest BCUT2D eigenvalue weighted by molar-refractivity contribution is -0.139. The fourth-order valence-corrected chi connectivity index (χ4v) is 1.59. The van der Waals surface area contributed by atoms with Crippen molar-refractivity contribution >= 4 is 5.97 Å². The van der Waals surface area contributed by atoms with E-state index in [9.17, 15) is 9.90 Å². The minimum absolute atomic E-state index is 0.108. The number of methoxy groups -OCH3 is 2. The first-order valence-corrected chi connectivity index (χ1v) is 5.85. The summed E-state index contributed by atoms with van der Waals surface area (Å²) < 4.78 is 10.2. The van der Waals surface area contributed by atoms with Crippen molar-refractivity contribution in [2.45, 2.75) is 19.1 Å². The molecule has 1 aromatic rings. The van der Waals surface area contributed by atoms with Gasteiger partial charge in [-0.2, -0.15) is 0 Å². The lowest BCUT2D eigenvalue weighted by Gasteiger charge is -2.17. The molecule has 0 bridgehead atoms. The Morgan fingerprint density at radius 3 is 2.58 bits per heavy atom. The maximum Gasteiger partial charge on any atom is 0.320 e. The van der Waals surface area contributed by atoms with Crippen molar-refractivity contribution < 1.29 is 24.5 Å². The molecular weight excluding hydrogens is 250 g/mol. The number of benzene rings is 1. The van der Waals surface area contributed by atoms with Crippen LogP contribution in [0, 0.1) is 0 Å². The minimum atomic E-state index is -0.968. The third kappa shape index (κ3) is 4.11. The van der Waals surface area contributed by atoms with Gasteiger partial charge in [0, 0.05) is 12.1 Å². The third-order valence-electron chi connectivity index (χ3n) is 2.78. The number of aliphatic hydroxyl groups excluding tert-OH is 1. The van der Waals surface area contributed by atoms with Crippen molar-refractivity contribution in [2.24, 2.45) is 0 Å². The molecule has 3 N–H and O–H groups in total. The second-order valence-electron chi connectivity index (χ2n) is 4.09. The number of hydrogen-bond acceptors (Lipinski definition) is 5. The average Bonchev–Trinajstić information content (AvgIpc) is 2.43. The van der Waals surface area contributed by atoms with Crippen molar-refractivity contribution in [1.29, 1.82) is 0 Å². The van der Waals surface area contributed by atoms with Crippen molar-refractivity contribution in [3.8, 4) is 11.5 Å². The molecular formula is C13H19NO5. The van der Waals surface area contributed by atoms with Crippen molar-refractivity contribution in [1.82, 2.24) is 5.32 Å². The Labute approximate surface area is 112 Å². The number of carbonyl (C=O) groups is 1. The van der Waals surface area contributed by atoms with Gasteiger partial charge in [-0.25, -0.2) is 0 Å². The van der Waals surface area contributed by atoms with E-state index >= 15 is 0 Å². The summed E-state index contributed by atoms with van der Waals surface area (Å²) in [4.78, 5) is 10.7. The Balaban J connectivity index is 2.79. The number of aliphatic carboxylic acids is 1. The smallest absolute Gasteiger partial charge is 0.320 e. The first-order valence-electron chi connectivity index (χ1n) is 5.85. The van der Waals surface area contributed by atoms with Gasteiger partial charge in [0.1, 0.15) is 17.5 Å². The van der Waals surface area contributed by atoms with Crippen LogP contribution in [0.3, 0.4) is 0 Å². The van der Waals surface area contributed by atoms with E-state index in [1.165, 1.54) is 21.1 Å². The normalized spacial score (nSPS) is 13.7. The quantitative estimate of drug-likeness (QED) is 0.678. The molecule has 0 aliphatic heterocycles. The Bertz CT molecular complexity index is 435. The number of ether oxygens (including phenoxy) is 2. The number of hydrogen-bond donors (Lipinski definition) is 3. The predicted molar refractivity (Wildman–Crippen MR) is 69.6 cm³/mol. The van der Waals surface area contributed by atoms with Crippen LogP contribution in [-0.2, 0) is 4.79 Å². The molecule has 6 nitrogen and oxygen atoms in total. The summed E-state index contributed by atoms with van der Waals surface area (Å²) in [7, 11) is 3.04. The number of rotatable bonds is 7. The van der Waals surface area contributed by atoms with Crippen LogP contribution in [0.5, 0.6) is 11.5 Å². The van der Waals surface area contributed by atoms with Gasteiger partial charge in [-0.1, -0.05) is 0 Å². The number of carboxylic acid groups (broad SMARTS) is 1. The maximum absolute atomic E-state index is 10.7. The van der Waals surface area contributed by atoms with Crippen LogP contribution in [0.2, 0.25) is 0 Å². The number of nitrogens with one attached hydrogen (secondary N) is 1. The molecule has 0 radical (unpaired) electrons. The first kappa shape index (κ1) is 15.3. The highest BCUT2D eigenvalue weighted by molar-refractivity contribution is 5.72. The highest BCUT2D eigenvalue weighted by atomic mass is 16.5. The Kier molecular flexibility index (Phi) is 5.59. The molecule has 0 heterocycles. The van der Waals surface area contributed by atoms with Gasteiger partial charge in [0.2, 0.25) is 0 Å². The van der Waals surface area contributed by atoms with Gasteiger partial charge in [-0.15, -0.1) is 0 Å². The summed E-state index contributed by atoms with van der Waals surface area (Å²) in [5.41, 5.74) is 0.548. The molecule has 0 saturated carbocycles. The van der Waals surface area contributed by atoms with Crippen LogP contribution in [-0.4, -0.2) is 43.0 Å². The third-order valence-corrected chi connectivity index (χ3v) is 2.78. The highest BCUT2D eigenvalue weighted by Gasteiger charge is 2.17. The van der Waals surface area contributed by atoms with Crippen LogP contribution >= 0.6 is 0 Å². The van der Waals surface area contributed by atoms with E-state index in [4.69, 9.17) is 14.6 Å². The van der Waals surface area contributed by atoms with Crippen LogP contribution in [0.25, 0.3) is 0 Å². The maximum atomic E-state index is 10.7. The second-order valence-corrected chi connectivity index (χ2v) is 4.09. The summed E-state index contributed by atoms with van der Waals surface area (Å²) in [5, 5.41) is 21.6. The molecule has 6 heteroatoms. The van der Waals surface area contributed by atoms with Gasteiger partial charge in [-0.05, 0) is 25.1 Å². The molecule has 0 fully saturated rings. The van der Waals surface area contributed by atoms with E-state index in [1.54, 1.807) is 18.2 Å². The van der Waals surface area contributed by atoms with Crippen LogP contribution < -0.4 is 14.8 Å². The monoisotopic (exact) mass is 269 g/mol. The highest BCUT2D eigenvalue weighted by Crippen LogP contribution is 2.29. The molecule has 0 aliphatic carbocycles. The summed E-state index contributed by atoms with van der Waals surface area (Å²) in [6.07, 6.45) is -0.883. The molecule has 2 unspecified atom stereocenters. The van der Waals surface area contributed by atoms with E-state index in [-0.39, 0.29) is 6.54 Å². The zero-order valence-electron chi connectivity index (χ0n) is 11.2. The van der Waals surface area contributed by atoms with E-state index in [1.807, 2.05) is 0 Å². The van der Waals surface area contributed by atoms with Gasteiger partial charge in [0.15, 0.2) is 0 Å². The minimum Gasteiger partial charge on any atom is -0.497 e. The Morgan fingerprint density at radius 1 is 1.37 bits per heavy atom. The van der Waals surface area contributed by atoms with Crippen molar-refractivity contribution in [3.63, 3.8) is 0 Å². The summed E-state index contributed by atoms with van der Waals surface area (Å²) >= 11 is 0. The SMILES string of the molecule is COc1ccc(OC)c(C(O)CNC(C)C(=O)O)c1. The number of carboxylic acids is 1. The predicted octanol–water partition coefficient (Wildman–Crippen LogP) is 0.800. The standard InChI is InChI=1S/C13H19NO5/c1-8(13(16)17)14-7-11(15)10-6-9(18-2)4-5-12(10)19-3/h4-6,8,11,14-15H,7H2,1-3H3,(H,16,17). The zero-order chi connectivity index (χ0) is 14.4. The second kappa shape index (κ2) is 6.96. The molecule has 19 heavy (non-hydrogen) atoms. The molecule has 0 amide bonds. The fourth-order valence-electron chi connectivity index (χ4n) is 1.59. The summed E-state index contributed by atoms with van der Waals surface area (Å²) in [6, 6.07) is 4.35. The molecule has 2 atom stereocenters. The topological polar surface area (TPSA) is 88.0 Å². The molecule has 1 rings (SSSR count). The molecule has 0 aliphatic rings.